The van der Waals surface area contributed by atoms with E-state index in [2.05, 4.69) is 9.97 Å². The van der Waals surface area contributed by atoms with E-state index in [1.54, 1.807) is 10.8 Å². The van der Waals surface area contributed by atoms with Crippen molar-refractivity contribution in [3.63, 3.8) is 0 Å². The quantitative estimate of drug-likeness (QED) is 0.802. The number of fused-ring (bicyclic) bond motifs is 1. The van der Waals surface area contributed by atoms with Gasteiger partial charge >= 0.3 is 6.18 Å². The monoisotopic (exact) mass is 291 g/mol. The molecule has 0 unspecified atom stereocenters. The molecule has 0 spiro atoms. The van der Waals surface area contributed by atoms with Crippen LogP contribution < -0.4 is 0 Å². The maximum Gasteiger partial charge on any atom is 0.389 e. The molecule has 0 aromatic carbocycles. The molecule has 2 heterocycles. The first-order chi connectivity index (χ1) is 8.90. The summed E-state index contributed by atoms with van der Waals surface area (Å²) in [6.07, 6.45) is -3.29. The Labute approximate surface area is 113 Å². The van der Waals surface area contributed by atoms with Crippen molar-refractivity contribution in [1.82, 2.24) is 14.5 Å². The Balaban J connectivity index is 2.25. The van der Waals surface area contributed by atoms with Gasteiger partial charge in [0.1, 0.15) is 11.3 Å². The molecule has 0 aliphatic rings. The van der Waals surface area contributed by atoms with Crippen LogP contribution in [0.3, 0.4) is 0 Å². The average molecular weight is 292 g/mol. The van der Waals surface area contributed by atoms with Gasteiger partial charge in [-0.3, -0.25) is 0 Å². The molecule has 0 aliphatic carbocycles. The van der Waals surface area contributed by atoms with Crippen LogP contribution in [0.25, 0.3) is 11.2 Å². The zero-order valence-electron chi connectivity index (χ0n) is 10.3. The van der Waals surface area contributed by atoms with Crippen LogP contribution in [0.15, 0.2) is 12.3 Å². The molecule has 0 atom stereocenters. The second-order valence-corrected chi connectivity index (χ2v) is 4.65. The van der Waals surface area contributed by atoms with E-state index in [0.29, 0.717) is 17.0 Å². The van der Waals surface area contributed by atoms with Crippen molar-refractivity contribution in [2.45, 2.75) is 38.4 Å². The Morgan fingerprint density at radius 2 is 2.11 bits per heavy atom. The number of aryl methyl sites for hydroxylation is 2. The third-order valence-electron chi connectivity index (χ3n) is 2.76. The van der Waals surface area contributed by atoms with Crippen molar-refractivity contribution in [2.75, 3.05) is 0 Å². The number of hydrogen-bond acceptors (Lipinski definition) is 2. The van der Waals surface area contributed by atoms with Gasteiger partial charge < -0.3 is 4.57 Å². The number of aromatic nitrogens is 3. The molecular weight excluding hydrogens is 279 g/mol. The van der Waals surface area contributed by atoms with Crippen molar-refractivity contribution in [1.29, 1.82) is 0 Å². The molecule has 104 valence electrons. The lowest BCUT2D eigenvalue weighted by molar-refractivity contribution is -0.135. The van der Waals surface area contributed by atoms with Gasteiger partial charge in [0.2, 0.25) is 0 Å². The average Bonchev–Trinajstić information content (AvgIpc) is 2.65. The summed E-state index contributed by atoms with van der Waals surface area (Å²) in [6.45, 7) is 2.10. The SMILES string of the molecule is Cc1cnc2c(c1)nc(CCl)n2CCCC(F)(F)F. The Morgan fingerprint density at radius 3 is 2.74 bits per heavy atom. The van der Waals surface area contributed by atoms with Crippen LogP contribution >= 0.6 is 11.6 Å². The Kier molecular flexibility index (Phi) is 3.99. The zero-order valence-corrected chi connectivity index (χ0v) is 11.1. The molecule has 0 saturated heterocycles. The van der Waals surface area contributed by atoms with E-state index in [1.807, 2.05) is 13.0 Å². The lowest BCUT2D eigenvalue weighted by Gasteiger charge is -2.09. The van der Waals surface area contributed by atoms with Crippen molar-refractivity contribution >= 4 is 22.8 Å². The lowest BCUT2D eigenvalue weighted by atomic mass is 10.3. The van der Waals surface area contributed by atoms with E-state index in [0.717, 1.165) is 5.56 Å². The number of halogens is 4. The molecule has 2 rings (SSSR count). The summed E-state index contributed by atoms with van der Waals surface area (Å²) in [5, 5.41) is 0. The number of rotatable bonds is 4. The molecule has 0 radical (unpaired) electrons. The van der Waals surface area contributed by atoms with Gasteiger partial charge in [-0.1, -0.05) is 0 Å². The van der Waals surface area contributed by atoms with Gasteiger partial charge in [0.15, 0.2) is 5.65 Å². The third kappa shape index (κ3) is 3.37. The largest absolute Gasteiger partial charge is 0.389 e. The van der Waals surface area contributed by atoms with Crippen LogP contribution in [0.5, 0.6) is 0 Å². The summed E-state index contributed by atoms with van der Waals surface area (Å²) >= 11 is 5.78. The fraction of sp³-hybridized carbons (Fsp3) is 0.500. The first kappa shape index (κ1) is 14.1. The molecule has 2 aromatic rings. The van der Waals surface area contributed by atoms with Gasteiger partial charge in [-0.2, -0.15) is 13.2 Å². The van der Waals surface area contributed by atoms with Crippen molar-refractivity contribution < 1.29 is 13.2 Å². The van der Waals surface area contributed by atoms with Gasteiger partial charge in [0, 0.05) is 19.2 Å². The van der Waals surface area contributed by atoms with Gasteiger partial charge in [0.05, 0.1) is 5.88 Å². The highest BCUT2D eigenvalue weighted by Crippen LogP contribution is 2.23. The Hall–Kier alpha value is -1.30. The van der Waals surface area contributed by atoms with E-state index in [1.165, 1.54) is 0 Å². The number of hydrogen-bond donors (Lipinski definition) is 0. The summed E-state index contributed by atoms with van der Waals surface area (Å²) < 4.78 is 38.2. The maximum atomic E-state index is 12.2. The number of imidazole rings is 1. The molecule has 3 nitrogen and oxygen atoms in total. The van der Waals surface area contributed by atoms with E-state index < -0.39 is 12.6 Å². The molecule has 19 heavy (non-hydrogen) atoms. The van der Waals surface area contributed by atoms with Crippen LogP contribution in [0, 0.1) is 6.92 Å². The second kappa shape index (κ2) is 5.36. The fourth-order valence-electron chi connectivity index (χ4n) is 1.93. The van der Waals surface area contributed by atoms with Crippen molar-refractivity contribution in [2.24, 2.45) is 0 Å². The lowest BCUT2D eigenvalue weighted by Crippen LogP contribution is -2.10. The summed E-state index contributed by atoms with van der Waals surface area (Å²) in [6, 6.07) is 1.85. The fourth-order valence-corrected chi connectivity index (χ4v) is 2.14. The van der Waals surface area contributed by atoms with Gasteiger partial charge in [-0.15, -0.1) is 11.6 Å². The molecular formula is C12H13ClF3N3. The first-order valence-corrected chi connectivity index (χ1v) is 6.38. The highest BCUT2D eigenvalue weighted by molar-refractivity contribution is 6.16. The van der Waals surface area contributed by atoms with Crippen LogP contribution in [-0.4, -0.2) is 20.7 Å². The molecule has 0 bridgehead atoms. The minimum absolute atomic E-state index is 0.00555. The van der Waals surface area contributed by atoms with Crippen molar-refractivity contribution in [3.8, 4) is 0 Å². The second-order valence-electron chi connectivity index (χ2n) is 4.39. The normalized spacial score (nSPS) is 12.3. The molecule has 0 saturated carbocycles. The van der Waals surface area contributed by atoms with E-state index in [4.69, 9.17) is 11.6 Å². The number of alkyl halides is 4. The predicted molar refractivity (Wildman–Crippen MR) is 67.1 cm³/mol. The molecule has 0 fully saturated rings. The maximum absolute atomic E-state index is 12.2. The Bertz CT molecular complexity index is 577. The minimum atomic E-state index is -4.14. The van der Waals surface area contributed by atoms with Gasteiger partial charge in [-0.25, -0.2) is 9.97 Å². The zero-order chi connectivity index (χ0) is 14.0. The van der Waals surface area contributed by atoms with Gasteiger partial charge in [-0.05, 0) is 25.0 Å². The van der Waals surface area contributed by atoms with Crippen LogP contribution in [0.1, 0.15) is 24.2 Å². The number of pyridine rings is 1. The van der Waals surface area contributed by atoms with Crippen LogP contribution in [0.4, 0.5) is 13.2 Å². The molecule has 7 heteroatoms. The summed E-state index contributed by atoms with van der Waals surface area (Å²) in [7, 11) is 0. The van der Waals surface area contributed by atoms with Crippen molar-refractivity contribution in [3.05, 3.63) is 23.7 Å². The predicted octanol–water partition coefficient (Wildman–Crippen LogP) is 3.82. The van der Waals surface area contributed by atoms with E-state index in [9.17, 15) is 13.2 Å². The topological polar surface area (TPSA) is 30.7 Å². The highest BCUT2D eigenvalue weighted by Gasteiger charge is 2.26. The summed E-state index contributed by atoms with van der Waals surface area (Å²) in [5.41, 5.74) is 2.21. The number of nitrogens with zero attached hydrogens (tertiary/aromatic N) is 3. The Morgan fingerprint density at radius 1 is 1.37 bits per heavy atom. The van der Waals surface area contributed by atoms with Crippen LogP contribution in [-0.2, 0) is 12.4 Å². The molecule has 0 N–H and O–H groups in total. The summed E-state index contributed by atoms with van der Waals surface area (Å²) in [4.78, 5) is 8.52. The first-order valence-electron chi connectivity index (χ1n) is 5.85. The summed E-state index contributed by atoms with van der Waals surface area (Å²) in [5.74, 6) is 0.707. The highest BCUT2D eigenvalue weighted by atomic mass is 35.5. The minimum Gasteiger partial charge on any atom is -0.312 e. The smallest absolute Gasteiger partial charge is 0.312 e. The standard InChI is InChI=1S/C12H13ClF3N3/c1-8-5-9-11(17-7-8)19(10(6-13)18-9)4-2-3-12(14,15)16/h5,7H,2-4,6H2,1H3. The third-order valence-corrected chi connectivity index (χ3v) is 3.00. The van der Waals surface area contributed by atoms with E-state index in [-0.39, 0.29) is 18.8 Å². The van der Waals surface area contributed by atoms with Crippen LogP contribution in [0.2, 0.25) is 0 Å². The molecule has 0 amide bonds. The molecule has 0 aliphatic heterocycles. The van der Waals surface area contributed by atoms with Gasteiger partial charge in [0.25, 0.3) is 0 Å². The van der Waals surface area contributed by atoms with E-state index >= 15 is 0 Å². The molecule has 2 aromatic heterocycles.